The second kappa shape index (κ2) is 16.4. The van der Waals surface area contributed by atoms with Crippen LogP contribution < -0.4 is 10.9 Å². The third kappa shape index (κ3) is 11.5. The summed E-state index contributed by atoms with van der Waals surface area (Å²) in [5.74, 6) is 0.0285. The minimum Gasteiger partial charge on any atom is -0.463 e. The zero-order valence-electron chi connectivity index (χ0n) is 22.3. The van der Waals surface area contributed by atoms with E-state index >= 15 is 0 Å². The van der Waals surface area contributed by atoms with Gasteiger partial charge in [0, 0.05) is 37.2 Å². The number of ketones is 2. The van der Waals surface area contributed by atoms with Crippen LogP contribution in [0.1, 0.15) is 64.0 Å². The van der Waals surface area contributed by atoms with E-state index in [1.807, 2.05) is 30.3 Å². The molecule has 0 spiro atoms. The lowest BCUT2D eigenvalue weighted by Gasteiger charge is -2.17. The Kier molecular flexibility index (Phi) is 13.3. The minimum atomic E-state index is -0.502. The summed E-state index contributed by atoms with van der Waals surface area (Å²) < 4.78 is 6.29. The molecule has 0 aliphatic rings. The summed E-state index contributed by atoms with van der Waals surface area (Å²) >= 11 is 0. The molecule has 0 saturated heterocycles. The van der Waals surface area contributed by atoms with Crippen molar-refractivity contribution in [1.82, 2.24) is 9.88 Å². The Labute approximate surface area is 219 Å². The van der Waals surface area contributed by atoms with Gasteiger partial charge in [-0.15, -0.1) is 0 Å². The van der Waals surface area contributed by atoms with E-state index in [1.165, 1.54) is 10.6 Å². The number of benzene rings is 1. The van der Waals surface area contributed by atoms with Crippen molar-refractivity contribution in [2.75, 3.05) is 6.61 Å². The molecular weight excluding hydrogens is 468 g/mol. The van der Waals surface area contributed by atoms with E-state index in [9.17, 15) is 19.2 Å². The molecule has 0 unspecified atom stereocenters. The summed E-state index contributed by atoms with van der Waals surface area (Å²) in [6.07, 6.45) is 7.83. The first-order valence-electron chi connectivity index (χ1n) is 13.1. The molecular formula is C30H40N2O5. The number of rotatable bonds is 17. The molecule has 0 amide bonds. The lowest BCUT2D eigenvalue weighted by molar-refractivity contribution is -0.137. The van der Waals surface area contributed by atoms with Crippen LogP contribution in [0.5, 0.6) is 0 Å². The molecule has 1 aromatic carbocycles. The van der Waals surface area contributed by atoms with Crippen LogP contribution in [-0.2, 0) is 38.6 Å². The summed E-state index contributed by atoms with van der Waals surface area (Å²) in [4.78, 5) is 50.2. The molecule has 7 heteroatoms. The van der Waals surface area contributed by atoms with E-state index in [1.54, 1.807) is 31.3 Å². The van der Waals surface area contributed by atoms with Crippen molar-refractivity contribution >= 4 is 17.5 Å². The van der Waals surface area contributed by atoms with Crippen LogP contribution in [0.15, 0.2) is 65.6 Å². The van der Waals surface area contributed by atoms with Crippen molar-refractivity contribution in [3.63, 3.8) is 0 Å². The number of nitrogens with one attached hydrogen (secondary N) is 1. The van der Waals surface area contributed by atoms with Gasteiger partial charge in [0.25, 0.3) is 5.56 Å². The van der Waals surface area contributed by atoms with Crippen molar-refractivity contribution < 1.29 is 19.1 Å². The Bertz CT molecular complexity index is 1090. The molecule has 0 aliphatic carbocycles. The summed E-state index contributed by atoms with van der Waals surface area (Å²) in [5, 5.41) is 3.31. The summed E-state index contributed by atoms with van der Waals surface area (Å²) in [5.41, 5.74) is 1.11. The van der Waals surface area contributed by atoms with Crippen molar-refractivity contribution in [1.29, 1.82) is 0 Å². The molecule has 0 bridgehead atoms. The Morgan fingerprint density at radius 3 is 2.51 bits per heavy atom. The lowest BCUT2D eigenvalue weighted by Crippen LogP contribution is -2.38. The molecule has 1 N–H and O–H groups in total. The van der Waals surface area contributed by atoms with Crippen LogP contribution in [0.3, 0.4) is 0 Å². The first kappa shape index (κ1) is 29.9. The number of pyridine rings is 1. The molecule has 0 saturated carbocycles. The molecule has 200 valence electrons. The maximum Gasteiger partial charge on any atom is 0.330 e. The quantitative estimate of drug-likeness (QED) is 0.251. The largest absolute Gasteiger partial charge is 0.463 e. The SMILES string of the molecule is CCOC(=O)/C=C/CC[C@H](NCc1ccccc1)C(=O)Cc1cccn(CC(=O)CCCC(C)C)c1=O. The standard InChI is InChI=1S/C30H40N2O5/c1-4-37-29(35)18-9-8-17-27(31-21-24-13-6-5-7-14-24)28(34)20-25-15-11-19-32(30(25)36)22-26(33)16-10-12-23(2)3/h5-7,9,11,13-15,18-19,23,27,31H,4,8,10,12,16-17,20-22H2,1-3H3/b18-9+/t27-/m0/s1. The molecule has 2 rings (SSSR count). The van der Waals surface area contributed by atoms with Gasteiger partial charge in [0.05, 0.1) is 19.2 Å². The highest BCUT2D eigenvalue weighted by atomic mass is 16.5. The predicted molar refractivity (Wildman–Crippen MR) is 145 cm³/mol. The van der Waals surface area contributed by atoms with Gasteiger partial charge in [-0.05, 0) is 43.7 Å². The number of carbonyl (C=O) groups excluding carboxylic acids is 3. The van der Waals surface area contributed by atoms with Crippen LogP contribution in [0.2, 0.25) is 0 Å². The molecule has 7 nitrogen and oxygen atoms in total. The van der Waals surface area contributed by atoms with Crippen LogP contribution in [0, 0.1) is 5.92 Å². The minimum absolute atomic E-state index is 0.0158. The van der Waals surface area contributed by atoms with E-state index < -0.39 is 12.0 Å². The molecule has 1 aromatic heterocycles. The Morgan fingerprint density at radius 1 is 1.05 bits per heavy atom. The molecule has 2 aromatic rings. The number of nitrogens with zero attached hydrogens (tertiary/aromatic N) is 1. The fraction of sp³-hybridized carbons (Fsp3) is 0.467. The van der Waals surface area contributed by atoms with E-state index in [-0.39, 0.29) is 30.1 Å². The summed E-state index contributed by atoms with van der Waals surface area (Å²) in [7, 11) is 0. The van der Waals surface area contributed by atoms with Crippen LogP contribution in [0.25, 0.3) is 0 Å². The first-order valence-corrected chi connectivity index (χ1v) is 13.1. The highest BCUT2D eigenvalue weighted by Gasteiger charge is 2.20. The van der Waals surface area contributed by atoms with E-state index in [2.05, 4.69) is 19.2 Å². The van der Waals surface area contributed by atoms with Crippen molar-refractivity contribution in [2.45, 2.75) is 78.4 Å². The fourth-order valence-electron chi connectivity index (χ4n) is 3.98. The monoisotopic (exact) mass is 508 g/mol. The number of hydrogen-bond acceptors (Lipinski definition) is 6. The van der Waals surface area contributed by atoms with E-state index in [4.69, 9.17) is 4.74 Å². The average molecular weight is 509 g/mol. The van der Waals surface area contributed by atoms with Crippen LogP contribution in [0.4, 0.5) is 0 Å². The zero-order chi connectivity index (χ0) is 27.0. The highest BCUT2D eigenvalue weighted by Crippen LogP contribution is 2.09. The number of carbonyl (C=O) groups is 3. The van der Waals surface area contributed by atoms with Gasteiger partial charge in [-0.25, -0.2) is 4.79 Å². The van der Waals surface area contributed by atoms with Gasteiger partial charge in [-0.1, -0.05) is 62.7 Å². The number of aromatic nitrogens is 1. The molecule has 0 radical (unpaired) electrons. The smallest absolute Gasteiger partial charge is 0.330 e. The van der Waals surface area contributed by atoms with E-state index in [0.717, 1.165) is 18.4 Å². The van der Waals surface area contributed by atoms with Gasteiger partial charge in [0.2, 0.25) is 0 Å². The summed E-state index contributed by atoms with van der Waals surface area (Å²) in [6.45, 7) is 6.81. The second-order valence-electron chi connectivity index (χ2n) is 9.59. The highest BCUT2D eigenvalue weighted by molar-refractivity contribution is 5.86. The zero-order valence-corrected chi connectivity index (χ0v) is 22.3. The maximum absolute atomic E-state index is 13.3. The van der Waals surface area contributed by atoms with Gasteiger partial charge >= 0.3 is 5.97 Å². The predicted octanol–water partition coefficient (Wildman–Crippen LogP) is 4.41. The first-order chi connectivity index (χ1) is 17.8. The van der Waals surface area contributed by atoms with Crippen LogP contribution >= 0.6 is 0 Å². The Morgan fingerprint density at radius 2 is 1.81 bits per heavy atom. The maximum atomic E-state index is 13.3. The van der Waals surface area contributed by atoms with Gasteiger partial charge < -0.3 is 14.6 Å². The second-order valence-corrected chi connectivity index (χ2v) is 9.59. The summed E-state index contributed by atoms with van der Waals surface area (Å²) in [6, 6.07) is 12.6. The topological polar surface area (TPSA) is 94.5 Å². The van der Waals surface area contributed by atoms with Gasteiger partial charge in [-0.3, -0.25) is 14.4 Å². The van der Waals surface area contributed by atoms with Gasteiger partial charge in [-0.2, -0.15) is 0 Å². The number of hydrogen-bond donors (Lipinski definition) is 1. The van der Waals surface area contributed by atoms with Crippen LogP contribution in [-0.4, -0.2) is 34.8 Å². The Hall–Kier alpha value is -3.32. The van der Waals surface area contributed by atoms with Crippen molar-refractivity contribution in [3.05, 3.63) is 82.3 Å². The number of allylic oxidation sites excluding steroid dienone is 1. The van der Waals surface area contributed by atoms with Crippen molar-refractivity contribution in [3.8, 4) is 0 Å². The third-order valence-electron chi connectivity index (χ3n) is 5.99. The number of ether oxygens (including phenoxy) is 1. The van der Waals surface area contributed by atoms with Crippen molar-refractivity contribution in [2.24, 2.45) is 5.92 Å². The number of Topliss-reactive ketones (excluding diaryl/α,β-unsaturated/α-hetero) is 2. The molecule has 0 fully saturated rings. The molecule has 37 heavy (non-hydrogen) atoms. The Balaban J connectivity index is 2.06. The molecule has 1 heterocycles. The molecule has 1 atom stereocenters. The fourth-order valence-corrected chi connectivity index (χ4v) is 3.98. The third-order valence-corrected chi connectivity index (χ3v) is 5.99. The normalized spacial score (nSPS) is 12.1. The van der Waals surface area contributed by atoms with Gasteiger partial charge in [0.15, 0.2) is 11.6 Å². The average Bonchev–Trinajstić information content (AvgIpc) is 2.86. The van der Waals surface area contributed by atoms with Gasteiger partial charge in [0.1, 0.15) is 0 Å². The molecule has 0 aliphatic heterocycles. The lowest BCUT2D eigenvalue weighted by atomic mass is 10.00. The van der Waals surface area contributed by atoms with E-state index in [0.29, 0.717) is 43.9 Å². The number of esters is 1.